The minimum absolute atomic E-state index is 0.0289. The molecule has 5 aliphatic heterocycles. The van der Waals surface area contributed by atoms with Gasteiger partial charge in [0.15, 0.2) is 0 Å². The molecule has 1 aromatic rings. The van der Waals surface area contributed by atoms with Gasteiger partial charge in [-0.05, 0) is 82.4 Å². The summed E-state index contributed by atoms with van der Waals surface area (Å²) in [4.78, 5) is 269. The highest BCUT2D eigenvalue weighted by Gasteiger charge is 2.46. The molecule has 0 aliphatic carbocycles. The Labute approximate surface area is 646 Å². The van der Waals surface area contributed by atoms with Gasteiger partial charge in [0.25, 0.3) is 0 Å². The van der Waals surface area contributed by atoms with Crippen molar-refractivity contribution in [3.05, 3.63) is 29.8 Å². The Hall–Kier alpha value is -9.73. The molecule has 5 aliphatic rings. The molecule has 18 amide bonds. The molecule has 23 N–H and O–H groups in total. The molecular weight excluding hydrogens is 1530 g/mol. The predicted molar refractivity (Wildman–Crippen MR) is 395 cm³/mol. The second-order valence-electron chi connectivity index (χ2n) is 27.1. The van der Waals surface area contributed by atoms with Crippen LogP contribution in [-0.2, 0) is 97.5 Å². The summed E-state index contributed by atoms with van der Waals surface area (Å²) in [5, 5.41) is 59.8. The third-order valence-corrected chi connectivity index (χ3v) is 22.9. The topological polar surface area (TPSA) is 643 Å². The molecule has 5 heterocycles. The van der Waals surface area contributed by atoms with Crippen LogP contribution in [0.25, 0.3) is 0 Å². The van der Waals surface area contributed by atoms with Crippen LogP contribution in [0.1, 0.15) is 97.5 Å². The highest BCUT2D eigenvalue weighted by Crippen LogP contribution is 2.30. The van der Waals surface area contributed by atoms with Crippen LogP contribution in [-0.4, -0.2) is 289 Å². The molecule has 0 radical (unpaired) electrons. The molecule has 6 rings (SSSR count). The fourth-order valence-corrected chi connectivity index (χ4v) is 17.0. The van der Waals surface area contributed by atoms with Crippen molar-refractivity contribution in [2.75, 3.05) is 55.8 Å². The Morgan fingerprint density at radius 2 is 0.900 bits per heavy atom. The first kappa shape index (κ1) is 89.2. The average Bonchev–Trinajstić information content (AvgIpc) is 1.63. The van der Waals surface area contributed by atoms with E-state index in [4.69, 9.17) is 22.9 Å². The largest absolute Gasteiger partial charge is 0.508 e. The fraction of sp³-hybridized carbons (Fsp3) is 0.615. The number of hydrogen-bond acceptors (Lipinski definition) is 26. The van der Waals surface area contributed by atoms with E-state index < -0.39 is 265 Å². The summed E-state index contributed by atoms with van der Waals surface area (Å²) in [5.74, 6) is -23.2. The molecule has 110 heavy (non-hydrogen) atoms. The summed E-state index contributed by atoms with van der Waals surface area (Å²) in [6.07, 6.45) is -2.87. The van der Waals surface area contributed by atoms with Crippen LogP contribution in [0.5, 0.6) is 5.75 Å². The van der Waals surface area contributed by atoms with Crippen molar-refractivity contribution < 1.29 is 106 Å². The van der Waals surface area contributed by atoms with Crippen LogP contribution in [0.4, 0.5) is 0 Å². The quantitative estimate of drug-likeness (QED) is 0.0769. The van der Waals surface area contributed by atoms with Gasteiger partial charge in [-0.3, -0.25) is 91.1 Å². The van der Waals surface area contributed by atoms with Crippen molar-refractivity contribution in [1.82, 2.24) is 78.5 Å². The molecule has 15 unspecified atom stereocenters. The van der Waals surface area contributed by atoms with E-state index in [0.717, 1.165) is 55.0 Å². The Morgan fingerprint density at radius 1 is 0.482 bits per heavy atom. The lowest BCUT2D eigenvalue weighted by Crippen LogP contribution is -2.61. The van der Waals surface area contributed by atoms with Crippen LogP contribution in [0.3, 0.4) is 0 Å². The molecule has 41 nitrogen and oxygen atoms in total. The maximum absolute atomic E-state index is 14.7. The number of carboxylic acid groups (broad SMARTS) is 1. The molecule has 0 aromatic heterocycles. The average molecular weight is 1620 g/mol. The maximum atomic E-state index is 14.7. The molecule has 5 saturated heterocycles. The van der Waals surface area contributed by atoms with E-state index in [-0.39, 0.29) is 69.0 Å². The van der Waals surface area contributed by atoms with Crippen LogP contribution in [0, 0.1) is 5.92 Å². The van der Waals surface area contributed by atoms with Crippen molar-refractivity contribution in [2.24, 2.45) is 28.9 Å². The Bertz CT molecular complexity index is 3640. The first-order chi connectivity index (χ1) is 52.0. The summed E-state index contributed by atoms with van der Waals surface area (Å²) < 4.78 is 0. The molecule has 1 aromatic carbocycles. The highest BCUT2D eigenvalue weighted by molar-refractivity contribution is 8.77. The number of aliphatic hydroxyl groups excluding tert-OH is 1. The fourth-order valence-electron chi connectivity index (χ4n) is 12.4. The number of primary amides is 3. The van der Waals surface area contributed by atoms with Crippen LogP contribution in [0.2, 0.25) is 0 Å². The van der Waals surface area contributed by atoms with Gasteiger partial charge in [0.2, 0.25) is 106 Å². The predicted octanol–water partition coefficient (Wildman–Crippen LogP) is -8.74. The summed E-state index contributed by atoms with van der Waals surface area (Å²) in [7, 11) is 3.23. The van der Waals surface area contributed by atoms with E-state index in [1.165, 1.54) is 41.0 Å². The van der Waals surface area contributed by atoms with Gasteiger partial charge < -0.3 is 117 Å². The lowest BCUT2D eigenvalue weighted by atomic mass is 10.0. The minimum Gasteiger partial charge on any atom is -0.508 e. The highest BCUT2D eigenvalue weighted by atomic mass is 33.1. The zero-order valence-corrected chi connectivity index (χ0v) is 63.8. The van der Waals surface area contributed by atoms with Crippen LogP contribution < -0.4 is 86.7 Å². The number of nitrogens with two attached hydrogens (primary N) is 4. The normalized spacial score (nSPS) is 28.7. The number of carbonyl (C=O) groups is 19. The van der Waals surface area contributed by atoms with Gasteiger partial charge in [-0.15, -0.1) is 0 Å². The number of phenolic OH excluding ortho intramolecular Hbond substituents is 1. The van der Waals surface area contributed by atoms with Gasteiger partial charge in [-0.25, -0.2) is 0 Å². The summed E-state index contributed by atoms with van der Waals surface area (Å²) in [6.45, 7) is 3.84. The SMILES string of the molecule is CC(C)CC1NC(=O)C(CO)NC(=O)C2CSSCC(C(N)=O)NC(=O)C(Cc3ccc(O)cc3)NC(=O)C(CC(=O)O)NC(=O)C3CCCN3C(=O)C(CC(N)=O)NC(=O)C(CC(N)=O)NC(=O)C(C)NC(=O)C(C)NC(=O)C(CSSCC(NC(=O)CN)C(=O)N2)NC(=O)C2CCCN2C(=O)C2CCCN2C1=O. The Balaban J connectivity index is 1.44. The second kappa shape index (κ2) is 42.5. The number of aliphatic hydroxyl groups is 1. The molecule has 2 bridgehead atoms. The van der Waals surface area contributed by atoms with E-state index in [2.05, 4.69) is 63.8 Å². The number of carbonyl (C=O) groups excluding carboxylic acids is 18. The number of phenols is 1. The van der Waals surface area contributed by atoms with Gasteiger partial charge in [0.05, 0.1) is 32.4 Å². The number of benzene rings is 1. The summed E-state index contributed by atoms with van der Waals surface area (Å²) >= 11 is 0. The van der Waals surface area contributed by atoms with Gasteiger partial charge >= 0.3 is 5.97 Å². The minimum atomic E-state index is -2.05. The van der Waals surface area contributed by atoms with Crippen LogP contribution in [0.15, 0.2) is 24.3 Å². The number of nitrogens with zero attached hydrogens (tertiary/aromatic N) is 3. The van der Waals surface area contributed by atoms with Crippen molar-refractivity contribution in [2.45, 2.75) is 189 Å². The second-order valence-corrected chi connectivity index (χ2v) is 32.2. The standard InChI is InChI=1S/C65H95N19O22S4/c1-29(2)18-37-63(104)84-17-7-10-46(84)65(106)83-16-6-9-45(83)62(103)81-42-27-110-108-26-41(72-49(89)23-66)59(100)80-43(60(101)78-39(24-85)57(98)76-37)28-109-107-25-40(51(69)92)79-54(95)34(19-32-11-13-33(86)14-12-32)74-56(97)36(22-50(90)91)75-61(102)44-8-5-15-82(44)64(105)38(21-48(68)88)77-55(96)35(20-47(67)87)73-53(94)31(4)70-52(93)30(3)71-58(42)99/h11-14,29-31,34-46,85-86H,5-10,15-28,66H2,1-4H3,(H2,67,87)(H2,68,88)(H2,69,92)(H,70,93)(H,71,99)(H,72,89)(H,73,94)(H,74,97)(H,75,102)(H,76,98)(H,77,96)(H,78,101)(H,79,95)(H,80,100)(H,81,103)(H,90,91). The molecule has 15 atom stereocenters. The third kappa shape index (κ3) is 26.2. The van der Waals surface area contributed by atoms with E-state index in [1.807, 2.05) is 0 Å². The van der Waals surface area contributed by atoms with Crippen LogP contribution >= 0.6 is 43.2 Å². The van der Waals surface area contributed by atoms with Gasteiger partial charge in [-0.2, -0.15) is 0 Å². The van der Waals surface area contributed by atoms with E-state index in [0.29, 0.717) is 12.8 Å². The zero-order chi connectivity index (χ0) is 81.4. The number of hydrogen-bond donors (Lipinski definition) is 19. The smallest absolute Gasteiger partial charge is 0.305 e. The number of nitrogens with one attached hydrogen (secondary N) is 12. The molecular formula is C65H95N19O22S4. The number of aromatic hydroxyl groups is 1. The third-order valence-electron chi connectivity index (χ3n) is 18.1. The molecule has 45 heteroatoms. The number of carboxylic acids is 1. The van der Waals surface area contributed by atoms with E-state index in [1.54, 1.807) is 13.8 Å². The molecule has 0 spiro atoms. The Morgan fingerprint density at radius 3 is 1.45 bits per heavy atom. The molecule has 606 valence electrons. The van der Waals surface area contributed by atoms with E-state index in [9.17, 15) is 106 Å². The lowest BCUT2D eigenvalue weighted by molar-refractivity contribution is -0.148. The zero-order valence-electron chi connectivity index (χ0n) is 60.6. The molecule has 5 fully saturated rings. The monoisotopic (exact) mass is 1620 g/mol. The number of fused-ring (bicyclic) bond motifs is 11. The summed E-state index contributed by atoms with van der Waals surface area (Å²) in [6, 6.07) is -19.5. The first-order valence-corrected chi connectivity index (χ1v) is 40.2. The lowest BCUT2D eigenvalue weighted by Gasteiger charge is -2.34. The number of amides is 18. The Kier molecular flexibility index (Phi) is 34.4. The van der Waals surface area contributed by atoms with Gasteiger partial charge in [0.1, 0.15) is 96.4 Å². The number of aliphatic carboxylic acids is 1. The summed E-state index contributed by atoms with van der Waals surface area (Å²) in [5.41, 5.74) is 22.8. The van der Waals surface area contributed by atoms with Crippen molar-refractivity contribution in [1.29, 1.82) is 0 Å². The van der Waals surface area contributed by atoms with E-state index >= 15 is 0 Å². The van der Waals surface area contributed by atoms with Gasteiger partial charge in [-0.1, -0.05) is 69.2 Å². The van der Waals surface area contributed by atoms with Crippen molar-refractivity contribution in [3.8, 4) is 5.75 Å². The molecule has 0 saturated carbocycles. The first-order valence-electron chi connectivity index (χ1n) is 35.2. The van der Waals surface area contributed by atoms with Crippen molar-refractivity contribution >= 4 is 155 Å². The van der Waals surface area contributed by atoms with Gasteiger partial charge in [0, 0.05) is 49.1 Å². The number of rotatable bonds is 14. The van der Waals surface area contributed by atoms with Crippen molar-refractivity contribution in [3.63, 3.8) is 0 Å². The maximum Gasteiger partial charge on any atom is 0.305 e.